The van der Waals surface area contributed by atoms with Crippen LogP contribution in [-0.4, -0.2) is 38.6 Å². The first-order chi connectivity index (χ1) is 18.8. The van der Waals surface area contributed by atoms with Crippen LogP contribution in [0.3, 0.4) is 0 Å². The van der Waals surface area contributed by atoms with Crippen molar-refractivity contribution in [3.8, 4) is 5.69 Å². The van der Waals surface area contributed by atoms with Crippen LogP contribution >= 0.6 is 0 Å². The number of amides is 1. The van der Waals surface area contributed by atoms with E-state index in [9.17, 15) is 18.4 Å². The number of nitrogens with zero attached hydrogens (tertiary/aromatic N) is 5. The first-order valence-electron chi connectivity index (χ1n) is 13.4. The second kappa shape index (κ2) is 9.83. The second-order valence-electron chi connectivity index (χ2n) is 12.1. The van der Waals surface area contributed by atoms with Crippen LogP contribution in [0.1, 0.15) is 58.5 Å². The lowest BCUT2D eigenvalue weighted by atomic mass is 9.76. The molecule has 1 aliphatic heterocycles. The normalized spacial score (nSPS) is 16.1. The van der Waals surface area contributed by atoms with E-state index in [2.05, 4.69) is 56.9 Å². The van der Waals surface area contributed by atoms with E-state index < -0.39 is 28.8 Å². The minimum Gasteiger partial charge on any atom is -0.369 e. The van der Waals surface area contributed by atoms with Gasteiger partial charge in [-0.1, -0.05) is 33.8 Å². The molecule has 3 heterocycles. The molecule has 1 aliphatic rings. The van der Waals surface area contributed by atoms with Crippen molar-refractivity contribution >= 4 is 28.2 Å². The van der Waals surface area contributed by atoms with Gasteiger partial charge in [-0.05, 0) is 61.9 Å². The first-order valence-corrected chi connectivity index (χ1v) is 13.4. The zero-order valence-corrected chi connectivity index (χ0v) is 23.6. The van der Waals surface area contributed by atoms with Crippen LogP contribution < -0.4 is 15.8 Å². The molecule has 0 bridgehead atoms. The summed E-state index contributed by atoms with van der Waals surface area (Å²) in [5.74, 6) is -2.04. The van der Waals surface area contributed by atoms with Gasteiger partial charge in [-0.15, -0.1) is 0 Å². The molecule has 10 heteroatoms. The number of carbonyl (C=O) groups is 1. The Bertz CT molecular complexity index is 1650. The summed E-state index contributed by atoms with van der Waals surface area (Å²) in [6, 6.07) is 9.24. The molecule has 40 heavy (non-hydrogen) atoms. The van der Waals surface area contributed by atoms with Gasteiger partial charge in [0.1, 0.15) is 11.4 Å². The van der Waals surface area contributed by atoms with E-state index in [1.54, 1.807) is 0 Å². The topological polar surface area (TPSA) is 85.1 Å². The van der Waals surface area contributed by atoms with Crippen LogP contribution in [0.15, 0.2) is 53.5 Å². The van der Waals surface area contributed by atoms with Crippen LogP contribution in [0, 0.1) is 23.0 Å². The Morgan fingerprint density at radius 1 is 0.975 bits per heavy atom. The van der Waals surface area contributed by atoms with Crippen molar-refractivity contribution in [1.82, 2.24) is 19.6 Å². The van der Waals surface area contributed by atoms with E-state index >= 15 is 0 Å². The van der Waals surface area contributed by atoms with E-state index in [0.29, 0.717) is 16.3 Å². The molecule has 0 aliphatic carbocycles. The van der Waals surface area contributed by atoms with E-state index in [-0.39, 0.29) is 16.6 Å². The van der Waals surface area contributed by atoms with Gasteiger partial charge in [0.05, 0.1) is 22.4 Å². The zero-order valence-electron chi connectivity index (χ0n) is 23.6. The summed E-state index contributed by atoms with van der Waals surface area (Å²) in [6.07, 6.45) is 3.06. The van der Waals surface area contributed by atoms with Gasteiger partial charge in [-0.3, -0.25) is 14.3 Å². The highest BCUT2D eigenvalue weighted by molar-refractivity contribution is 6.08. The van der Waals surface area contributed by atoms with Crippen molar-refractivity contribution in [2.45, 2.75) is 53.5 Å². The maximum Gasteiger partial charge on any atom is 0.276 e. The van der Waals surface area contributed by atoms with Gasteiger partial charge in [0.15, 0.2) is 11.6 Å². The highest BCUT2D eigenvalue weighted by atomic mass is 19.1. The number of rotatable bonds is 5. The molecule has 0 radical (unpaired) electrons. The number of hydrogen-bond acceptors (Lipinski definition) is 5. The molecule has 1 N–H and O–H groups in total. The molecule has 0 spiro atoms. The largest absolute Gasteiger partial charge is 0.369 e. The number of para-hydroxylation sites is 1. The highest BCUT2D eigenvalue weighted by Gasteiger charge is 2.36. The Kier molecular flexibility index (Phi) is 6.76. The number of hydrogen-bond donors (Lipinski definition) is 1. The SMILES string of the molecule is C[C@H]1CCN(c2c(NC(=O)c3ccc(=O)n(-c4c(F)cccc4F)n3)ccc3nn(C(C)(C)C(C)(C)C)cc23)C1. The van der Waals surface area contributed by atoms with Crippen LogP contribution in [0.5, 0.6) is 0 Å². The minimum atomic E-state index is -0.960. The van der Waals surface area contributed by atoms with Crippen molar-refractivity contribution in [2.75, 3.05) is 23.3 Å². The van der Waals surface area contributed by atoms with Gasteiger partial charge in [0.2, 0.25) is 0 Å². The quantitative estimate of drug-likeness (QED) is 0.344. The molecule has 2 aromatic carbocycles. The van der Waals surface area contributed by atoms with Gasteiger partial charge in [-0.25, -0.2) is 8.78 Å². The highest BCUT2D eigenvalue weighted by Crippen LogP contribution is 2.41. The average Bonchev–Trinajstić information content (AvgIpc) is 3.51. The molecular formula is C30H34F2N6O2. The molecule has 1 saturated heterocycles. The average molecular weight is 549 g/mol. The van der Waals surface area contributed by atoms with E-state index in [0.717, 1.165) is 54.3 Å². The number of anilines is 2. The van der Waals surface area contributed by atoms with Crippen molar-refractivity contribution < 1.29 is 13.6 Å². The Balaban J connectivity index is 1.58. The van der Waals surface area contributed by atoms with Gasteiger partial charge >= 0.3 is 0 Å². The van der Waals surface area contributed by atoms with Crippen molar-refractivity contribution in [2.24, 2.45) is 11.3 Å². The number of aromatic nitrogens is 4. The smallest absolute Gasteiger partial charge is 0.276 e. The van der Waals surface area contributed by atoms with E-state index in [4.69, 9.17) is 5.10 Å². The lowest BCUT2D eigenvalue weighted by molar-refractivity contribution is 0.102. The fourth-order valence-corrected chi connectivity index (χ4v) is 4.86. The Labute approximate surface area is 231 Å². The molecule has 210 valence electrons. The standard InChI is InChI=1S/C30H34F2N6O2/c1-18-14-15-36(16-18)26-19-17-37(30(5,6)29(2,3)4)34-22(19)10-11-23(26)33-28(40)24-12-13-25(39)38(35-24)27-20(31)8-7-9-21(27)32/h7-13,17-18H,14-16H2,1-6H3,(H,33,40)/t18-/m0/s1. The Morgan fingerprint density at radius 2 is 1.68 bits per heavy atom. The fourth-order valence-electron chi connectivity index (χ4n) is 4.86. The predicted octanol–water partition coefficient (Wildman–Crippen LogP) is 5.74. The number of nitrogens with one attached hydrogen (secondary N) is 1. The minimum absolute atomic E-state index is 0.0686. The fraction of sp³-hybridized carbons (Fsp3) is 0.400. The van der Waals surface area contributed by atoms with Gasteiger partial charge < -0.3 is 10.2 Å². The molecule has 2 aromatic heterocycles. The maximum absolute atomic E-state index is 14.4. The van der Waals surface area contributed by atoms with Crippen molar-refractivity contribution in [3.05, 3.63) is 76.3 Å². The van der Waals surface area contributed by atoms with Crippen LogP contribution in [0.2, 0.25) is 0 Å². The zero-order chi connectivity index (χ0) is 29.0. The van der Waals surface area contributed by atoms with Crippen molar-refractivity contribution in [3.63, 3.8) is 0 Å². The summed E-state index contributed by atoms with van der Waals surface area (Å²) in [6.45, 7) is 14.7. The molecular weight excluding hydrogens is 514 g/mol. The maximum atomic E-state index is 14.4. The molecule has 8 nitrogen and oxygen atoms in total. The van der Waals surface area contributed by atoms with Crippen LogP contribution in [-0.2, 0) is 5.54 Å². The van der Waals surface area contributed by atoms with Gasteiger partial charge in [-0.2, -0.15) is 14.9 Å². The molecule has 1 amide bonds. The van der Waals surface area contributed by atoms with E-state index in [1.165, 1.54) is 12.1 Å². The lowest BCUT2D eigenvalue weighted by Crippen LogP contribution is -2.40. The third-order valence-electron chi connectivity index (χ3n) is 8.24. The number of benzene rings is 2. The van der Waals surface area contributed by atoms with Gasteiger partial charge in [0, 0.05) is 30.7 Å². The summed E-state index contributed by atoms with van der Waals surface area (Å²) < 4.78 is 31.4. The summed E-state index contributed by atoms with van der Waals surface area (Å²) >= 11 is 0. The lowest BCUT2D eigenvalue weighted by Gasteiger charge is -2.39. The van der Waals surface area contributed by atoms with Crippen LogP contribution in [0.25, 0.3) is 16.6 Å². The number of fused-ring (bicyclic) bond motifs is 1. The Morgan fingerprint density at radius 3 is 2.30 bits per heavy atom. The molecule has 1 atom stereocenters. The molecule has 4 aromatic rings. The van der Waals surface area contributed by atoms with Gasteiger partial charge in [0.25, 0.3) is 11.5 Å². The molecule has 1 fully saturated rings. The predicted molar refractivity (Wildman–Crippen MR) is 152 cm³/mol. The molecule has 5 rings (SSSR count). The number of carbonyl (C=O) groups excluding carboxylic acids is 1. The summed E-state index contributed by atoms with van der Waals surface area (Å²) in [7, 11) is 0. The third-order valence-corrected chi connectivity index (χ3v) is 8.24. The summed E-state index contributed by atoms with van der Waals surface area (Å²) in [5.41, 5.74) is 0.327. The first kappa shape index (κ1) is 27.5. The Hall–Kier alpha value is -4.08. The monoisotopic (exact) mass is 548 g/mol. The molecule has 0 unspecified atom stereocenters. The third kappa shape index (κ3) is 4.76. The molecule has 0 saturated carbocycles. The van der Waals surface area contributed by atoms with Crippen LogP contribution in [0.4, 0.5) is 20.2 Å². The number of halogens is 2. The summed E-state index contributed by atoms with van der Waals surface area (Å²) in [4.78, 5) is 28.1. The van der Waals surface area contributed by atoms with E-state index in [1.807, 2.05) is 23.0 Å². The second-order valence-corrected chi connectivity index (χ2v) is 12.1. The van der Waals surface area contributed by atoms with Crippen molar-refractivity contribution in [1.29, 1.82) is 0 Å². The summed E-state index contributed by atoms with van der Waals surface area (Å²) in [5, 5.41) is 12.8.